The monoisotopic (exact) mass is 355 g/mol. The average molecular weight is 355 g/mol. The van der Waals surface area contributed by atoms with Crippen LogP contribution in [0.15, 0.2) is 10.6 Å². The number of rotatable bonds is 7. The van der Waals surface area contributed by atoms with Crippen LogP contribution in [0.5, 0.6) is 0 Å². The second-order valence-corrected chi connectivity index (χ2v) is 6.77. The van der Waals surface area contributed by atoms with Crippen molar-refractivity contribution in [2.45, 2.75) is 26.2 Å². The summed E-state index contributed by atoms with van der Waals surface area (Å²) in [5.74, 6) is 0.478. The van der Waals surface area contributed by atoms with Crippen LogP contribution in [0.2, 0.25) is 0 Å². The minimum atomic E-state index is -0.788. The van der Waals surface area contributed by atoms with Gasteiger partial charge in [0.25, 0.3) is 0 Å². The van der Waals surface area contributed by atoms with E-state index >= 15 is 0 Å². The number of nitrogens with one attached hydrogen (secondary N) is 1. The van der Waals surface area contributed by atoms with Gasteiger partial charge in [0, 0.05) is 25.6 Å². The summed E-state index contributed by atoms with van der Waals surface area (Å²) >= 11 is 1.24. The first-order valence-electron chi connectivity index (χ1n) is 7.74. The second kappa shape index (κ2) is 8.72. The zero-order valence-electron chi connectivity index (χ0n) is 13.5. The number of nitrogens with zero attached hydrogens (tertiary/aromatic N) is 2. The summed E-state index contributed by atoms with van der Waals surface area (Å²) in [6, 6.07) is 1.62. The first-order valence-corrected chi connectivity index (χ1v) is 8.90. The zero-order chi connectivity index (χ0) is 17.5. The van der Waals surface area contributed by atoms with Gasteiger partial charge >= 0.3 is 5.97 Å². The van der Waals surface area contributed by atoms with Crippen LogP contribution < -0.4 is 5.32 Å². The molecule has 0 atom stereocenters. The standard InChI is InChI=1S/C15H21N3O5S/c1-10-6-12(17-23-10)16-13(19)8-24-9-14(20)18-4-2-11(3-5-18)7-15(21)22/h6,11H,2-5,7-9H2,1H3,(H,21,22)(H,16,17,19). The molecule has 0 unspecified atom stereocenters. The minimum Gasteiger partial charge on any atom is -0.481 e. The third kappa shape index (κ3) is 5.88. The molecule has 2 N–H and O–H groups in total. The Labute approximate surface area is 143 Å². The highest BCUT2D eigenvalue weighted by Gasteiger charge is 2.24. The molecular formula is C15H21N3O5S. The lowest BCUT2D eigenvalue weighted by molar-refractivity contribution is -0.138. The normalized spacial score (nSPS) is 15.3. The van der Waals surface area contributed by atoms with Crippen LogP contribution in [0.4, 0.5) is 5.82 Å². The fourth-order valence-electron chi connectivity index (χ4n) is 2.56. The van der Waals surface area contributed by atoms with Crippen molar-refractivity contribution in [3.63, 3.8) is 0 Å². The molecular weight excluding hydrogens is 334 g/mol. The van der Waals surface area contributed by atoms with Crippen molar-refractivity contribution >= 4 is 35.4 Å². The number of piperidine rings is 1. The van der Waals surface area contributed by atoms with Crippen LogP contribution in [-0.2, 0) is 14.4 Å². The Hall–Kier alpha value is -2.03. The number of carbonyl (C=O) groups excluding carboxylic acids is 2. The Kier molecular flexibility index (Phi) is 6.65. The number of aryl methyl sites for hydroxylation is 1. The van der Waals surface area contributed by atoms with Crippen LogP contribution in [0.3, 0.4) is 0 Å². The molecule has 24 heavy (non-hydrogen) atoms. The van der Waals surface area contributed by atoms with Crippen molar-refractivity contribution in [3.05, 3.63) is 11.8 Å². The summed E-state index contributed by atoms with van der Waals surface area (Å²) in [6.07, 6.45) is 1.60. The number of aromatic nitrogens is 1. The van der Waals surface area contributed by atoms with Crippen molar-refractivity contribution in [1.82, 2.24) is 10.1 Å². The highest BCUT2D eigenvalue weighted by Crippen LogP contribution is 2.21. The molecule has 2 rings (SSSR count). The molecule has 0 spiro atoms. The number of hydrogen-bond donors (Lipinski definition) is 2. The minimum absolute atomic E-state index is 0.0149. The number of thioether (sulfide) groups is 1. The largest absolute Gasteiger partial charge is 0.481 e. The molecule has 1 aliphatic heterocycles. The average Bonchev–Trinajstić information content (AvgIpc) is 2.92. The number of carbonyl (C=O) groups is 3. The van der Waals surface area contributed by atoms with Gasteiger partial charge in [-0.2, -0.15) is 0 Å². The van der Waals surface area contributed by atoms with E-state index in [1.807, 2.05) is 0 Å². The molecule has 132 valence electrons. The quantitative estimate of drug-likeness (QED) is 0.759. The number of amides is 2. The van der Waals surface area contributed by atoms with Crippen molar-refractivity contribution in [2.24, 2.45) is 5.92 Å². The van der Waals surface area contributed by atoms with E-state index in [0.29, 0.717) is 37.5 Å². The van der Waals surface area contributed by atoms with Gasteiger partial charge in [0.2, 0.25) is 11.8 Å². The summed E-state index contributed by atoms with van der Waals surface area (Å²) in [6.45, 7) is 2.90. The number of likely N-dealkylation sites (tertiary alicyclic amines) is 1. The molecule has 0 saturated carbocycles. The third-order valence-electron chi connectivity index (χ3n) is 3.78. The van der Waals surface area contributed by atoms with Gasteiger partial charge in [-0.05, 0) is 25.7 Å². The van der Waals surface area contributed by atoms with Gasteiger partial charge in [0.1, 0.15) is 5.76 Å². The first kappa shape index (κ1) is 18.3. The van der Waals surface area contributed by atoms with Crippen molar-refractivity contribution in [2.75, 3.05) is 29.9 Å². The maximum absolute atomic E-state index is 12.1. The van der Waals surface area contributed by atoms with E-state index < -0.39 is 5.97 Å². The SMILES string of the molecule is Cc1cc(NC(=O)CSCC(=O)N2CCC(CC(=O)O)CC2)no1. The molecule has 8 nitrogen and oxygen atoms in total. The molecule has 0 bridgehead atoms. The molecule has 1 saturated heterocycles. The smallest absolute Gasteiger partial charge is 0.303 e. The van der Waals surface area contributed by atoms with Crippen LogP contribution in [0, 0.1) is 12.8 Å². The Balaban J connectivity index is 1.63. The van der Waals surface area contributed by atoms with Gasteiger partial charge < -0.3 is 19.8 Å². The van der Waals surface area contributed by atoms with Gasteiger partial charge in [0.05, 0.1) is 11.5 Å². The fourth-order valence-corrected chi connectivity index (χ4v) is 3.28. The van der Waals surface area contributed by atoms with Crippen LogP contribution in [0.25, 0.3) is 0 Å². The van der Waals surface area contributed by atoms with Crippen LogP contribution >= 0.6 is 11.8 Å². The second-order valence-electron chi connectivity index (χ2n) is 5.79. The van der Waals surface area contributed by atoms with Gasteiger partial charge in [0.15, 0.2) is 5.82 Å². The van der Waals surface area contributed by atoms with E-state index in [4.69, 9.17) is 9.63 Å². The van der Waals surface area contributed by atoms with Crippen LogP contribution in [0.1, 0.15) is 25.0 Å². The summed E-state index contributed by atoms with van der Waals surface area (Å²) in [5, 5.41) is 15.0. The lowest BCUT2D eigenvalue weighted by Gasteiger charge is -2.31. The van der Waals surface area contributed by atoms with E-state index in [9.17, 15) is 14.4 Å². The zero-order valence-corrected chi connectivity index (χ0v) is 14.3. The van der Waals surface area contributed by atoms with Crippen molar-refractivity contribution < 1.29 is 24.0 Å². The molecule has 0 aromatic carbocycles. The maximum Gasteiger partial charge on any atom is 0.303 e. The number of carboxylic acids is 1. The van der Waals surface area contributed by atoms with Gasteiger partial charge in [-0.1, -0.05) is 5.16 Å². The topological polar surface area (TPSA) is 113 Å². The molecule has 0 aliphatic carbocycles. The molecule has 2 heterocycles. The number of aliphatic carboxylic acids is 1. The highest BCUT2D eigenvalue weighted by atomic mass is 32.2. The van der Waals surface area contributed by atoms with Gasteiger partial charge in [-0.3, -0.25) is 14.4 Å². The van der Waals surface area contributed by atoms with E-state index in [-0.39, 0.29) is 35.7 Å². The third-order valence-corrected chi connectivity index (χ3v) is 4.70. The summed E-state index contributed by atoms with van der Waals surface area (Å²) in [7, 11) is 0. The molecule has 1 aromatic rings. The molecule has 2 amide bonds. The van der Waals surface area contributed by atoms with Gasteiger partial charge in [-0.15, -0.1) is 11.8 Å². The Morgan fingerprint density at radius 1 is 1.38 bits per heavy atom. The molecule has 1 aliphatic rings. The van der Waals surface area contributed by atoms with E-state index in [1.54, 1.807) is 17.9 Å². The predicted octanol–water partition coefficient (Wildman–Crippen LogP) is 1.37. The summed E-state index contributed by atoms with van der Waals surface area (Å²) < 4.78 is 4.85. The maximum atomic E-state index is 12.1. The van der Waals surface area contributed by atoms with E-state index in [0.717, 1.165) is 0 Å². The van der Waals surface area contributed by atoms with Crippen molar-refractivity contribution in [1.29, 1.82) is 0 Å². The Morgan fingerprint density at radius 2 is 2.08 bits per heavy atom. The van der Waals surface area contributed by atoms with E-state index in [2.05, 4.69) is 10.5 Å². The number of hydrogen-bond acceptors (Lipinski definition) is 6. The summed E-state index contributed by atoms with van der Waals surface area (Å²) in [5.41, 5.74) is 0. The predicted molar refractivity (Wildman–Crippen MR) is 88.8 cm³/mol. The molecule has 0 radical (unpaired) electrons. The van der Waals surface area contributed by atoms with E-state index in [1.165, 1.54) is 11.8 Å². The first-order chi connectivity index (χ1) is 11.4. The highest BCUT2D eigenvalue weighted by molar-refractivity contribution is 8.00. The van der Waals surface area contributed by atoms with Crippen LogP contribution in [-0.4, -0.2) is 57.5 Å². The molecule has 1 fully saturated rings. The lowest BCUT2D eigenvalue weighted by Crippen LogP contribution is -2.40. The van der Waals surface area contributed by atoms with Crippen molar-refractivity contribution in [3.8, 4) is 0 Å². The summed E-state index contributed by atoms with van der Waals surface area (Å²) in [4.78, 5) is 36.3. The van der Waals surface area contributed by atoms with Gasteiger partial charge in [-0.25, -0.2) is 0 Å². The lowest BCUT2D eigenvalue weighted by atomic mass is 9.94. The molecule has 1 aromatic heterocycles. The number of anilines is 1. The molecule has 9 heteroatoms. The Bertz CT molecular complexity index is 596. The Morgan fingerprint density at radius 3 is 2.67 bits per heavy atom. The number of carboxylic acid groups (broad SMARTS) is 1. The fraction of sp³-hybridized carbons (Fsp3) is 0.600.